The molecule has 1 amide bonds. The van der Waals surface area contributed by atoms with Crippen LogP contribution < -0.4 is 11.1 Å². The van der Waals surface area contributed by atoms with Crippen molar-refractivity contribution in [2.75, 3.05) is 0 Å². The zero-order valence-electron chi connectivity index (χ0n) is 9.95. The number of nitrogens with one attached hydrogen (secondary N) is 1. The normalized spacial score (nSPS) is 13.3. The van der Waals surface area contributed by atoms with E-state index in [0.717, 1.165) is 0 Å². The summed E-state index contributed by atoms with van der Waals surface area (Å²) in [5.74, 6) is -3.30. The molecular formula is C12H14N2O5. The Morgan fingerprint density at radius 2 is 1.74 bits per heavy atom. The summed E-state index contributed by atoms with van der Waals surface area (Å²) in [5, 5.41) is 19.8. The van der Waals surface area contributed by atoms with Gasteiger partial charge in [-0.2, -0.15) is 0 Å². The summed E-state index contributed by atoms with van der Waals surface area (Å²) in [6.07, 6.45) is -0.563. The minimum absolute atomic E-state index is 0.380. The number of nitrogens with two attached hydrogens (primary N) is 1. The van der Waals surface area contributed by atoms with Gasteiger partial charge < -0.3 is 21.3 Å². The Bertz CT molecular complexity index is 474. The standard InChI is InChI=1S/C12H14N2O5/c13-8(6-9(15)16)11(17)14-10(12(18)19)7-4-2-1-3-5-7/h1-5,8,10H,6,13H2,(H,14,17)(H,15,16)(H,18,19)/t8-,10+/m0/s1. The van der Waals surface area contributed by atoms with Gasteiger partial charge >= 0.3 is 11.9 Å². The number of hydrogen-bond donors (Lipinski definition) is 4. The molecule has 0 aromatic heterocycles. The molecule has 0 unspecified atom stereocenters. The van der Waals surface area contributed by atoms with E-state index in [-0.39, 0.29) is 0 Å². The molecule has 0 spiro atoms. The zero-order chi connectivity index (χ0) is 14.4. The molecule has 0 aliphatic carbocycles. The molecule has 2 atom stereocenters. The van der Waals surface area contributed by atoms with Crippen molar-refractivity contribution in [2.45, 2.75) is 18.5 Å². The average Bonchev–Trinajstić information content (AvgIpc) is 2.35. The largest absolute Gasteiger partial charge is 0.481 e. The lowest BCUT2D eigenvalue weighted by Gasteiger charge is -2.17. The Morgan fingerprint density at radius 1 is 1.16 bits per heavy atom. The summed E-state index contributed by atoms with van der Waals surface area (Å²) in [6.45, 7) is 0. The zero-order valence-corrected chi connectivity index (χ0v) is 9.95. The van der Waals surface area contributed by atoms with Crippen LogP contribution in [0, 0.1) is 0 Å². The molecule has 0 radical (unpaired) electrons. The van der Waals surface area contributed by atoms with E-state index >= 15 is 0 Å². The maximum Gasteiger partial charge on any atom is 0.330 e. The van der Waals surface area contributed by atoms with Gasteiger partial charge in [0.2, 0.25) is 5.91 Å². The van der Waals surface area contributed by atoms with Crippen molar-refractivity contribution >= 4 is 17.8 Å². The van der Waals surface area contributed by atoms with E-state index in [1.807, 2.05) is 0 Å². The summed E-state index contributed by atoms with van der Waals surface area (Å²) in [4.78, 5) is 33.1. The first kappa shape index (κ1) is 14.7. The second-order valence-electron chi connectivity index (χ2n) is 3.89. The first-order valence-electron chi connectivity index (χ1n) is 5.47. The number of aliphatic carboxylic acids is 2. The number of hydrogen-bond acceptors (Lipinski definition) is 4. The number of benzene rings is 1. The SMILES string of the molecule is N[C@@H](CC(=O)O)C(=O)N[C@@H](C(=O)O)c1ccccc1. The highest BCUT2D eigenvalue weighted by molar-refractivity contribution is 5.89. The number of rotatable bonds is 6. The number of carboxylic acid groups (broad SMARTS) is 2. The van der Waals surface area contributed by atoms with Crippen LogP contribution in [0.15, 0.2) is 30.3 Å². The number of carbonyl (C=O) groups is 3. The van der Waals surface area contributed by atoms with E-state index in [4.69, 9.17) is 15.9 Å². The van der Waals surface area contributed by atoms with Crippen molar-refractivity contribution in [3.05, 3.63) is 35.9 Å². The van der Waals surface area contributed by atoms with Crippen LogP contribution >= 0.6 is 0 Å². The van der Waals surface area contributed by atoms with Crippen molar-refractivity contribution in [3.8, 4) is 0 Å². The molecule has 0 heterocycles. The monoisotopic (exact) mass is 266 g/mol. The van der Waals surface area contributed by atoms with Crippen LogP contribution in [0.4, 0.5) is 0 Å². The lowest BCUT2D eigenvalue weighted by Crippen LogP contribution is -2.45. The van der Waals surface area contributed by atoms with Gasteiger partial charge in [-0.15, -0.1) is 0 Å². The van der Waals surface area contributed by atoms with Crippen LogP contribution in [0.3, 0.4) is 0 Å². The van der Waals surface area contributed by atoms with Crippen LogP contribution in [0.5, 0.6) is 0 Å². The molecule has 5 N–H and O–H groups in total. The van der Waals surface area contributed by atoms with E-state index in [1.165, 1.54) is 0 Å². The highest BCUT2D eigenvalue weighted by Gasteiger charge is 2.25. The lowest BCUT2D eigenvalue weighted by atomic mass is 10.1. The molecule has 7 nitrogen and oxygen atoms in total. The third kappa shape index (κ3) is 4.40. The van der Waals surface area contributed by atoms with Crippen molar-refractivity contribution in [2.24, 2.45) is 5.73 Å². The second-order valence-corrected chi connectivity index (χ2v) is 3.89. The van der Waals surface area contributed by atoms with Crippen molar-refractivity contribution in [1.29, 1.82) is 0 Å². The Balaban J connectivity index is 2.78. The van der Waals surface area contributed by atoms with Crippen LogP contribution in [-0.4, -0.2) is 34.1 Å². The van der Waals surface area contributed by atoms with Gasteiger partial charge in [-0.05, 0) is 5.56 Å². The van der Waals surface area contributed by atoms with Crippen LogP contribution in [0.25, 0.3) is 0 Å². The first-order valence-corrected chi connectivity index (χ1v) is 5.47. The summed E-state index contributed by atoms with van der Waals surface area (Å²) >= 11 is 0. The van der Waals surface area contributed by atoms with Gasteiger partial charge in [-0.3, -0.25) is 9.59 Å². The molecule has 0 bridgehead atoms. The lowest BCUT2D eigenvalue weighted by molar-refractivity contribution is -0.142. The number of amides is 1. The van der Waals surface area contributed by atoms with Gasteiger partial charge in [0.1, 0.15) is 0 Å². The molecule has 1 aromatic rings. The fraction of sp³-hybridized carbons (Fsp3) is 0.250. The molecule has 1 aromatic carbocycles. The van der Waals surface area contributed by atoms with Gasteiger partial charge in [0, 0.05) is 0 Å². The van der Waals surface area contributed by atoms with E-state index in [9.17, 15) is 14.4 Å². The van der Waals surface area contributed by atoms with Gasteiger partial charge in [-0.25, -0.2) is 4.79 Å². The van der Waals surface area contributed by atoms with E-state index < -0.39 is 36.4 Å². The van der Waals surface area contributed by atoms with Gasteiger partial charge in [0.05, 0.1) is 12.5 Å². The Kier molecular flexibility index (Phi) is 5.01. The first-order chi connectivity index (χ1) is 8.91. The van der Waals surface area contributed by atoms with E-state index in [1.54, 1.807) is 30.3 Å². The minimum atomic E-state index is -1.29. The smallest absolute Gasteiger partial charge is 0.330 e. The van der Waals surface area contributed by atoms with Crippen molar-refractivity contribution < 1.29 is 24.6 Å². The van der Waals surface area contributed by atoms with E-state index in [0.29, 0.717) is 5.56 Å². The Morgan fingerprint density at radius 3 is 2.21 bits per heavy atom. The third-order valence-corrected chi connectivity index (χ3v) is 2.40. The second kappa shape index (κ2) is 6.50. The number of carbonyl (C=O) groups excluding carboxylic acids is 1. The summed E-state index contributed by atoms with van der Waals surface area (Å²) in [6, 6.07) is 5.52. The van der Waals surface area contributed by atoms with Crippen molar-refractivity contribution in [1.82, 2.24) is 5.32 Å². The summed E-state index contributed by atoms with van der Waals surface area (Å²) < 4.78 is 0. The maximum atomic E-state index is 11.6. The molecule has 7 heteroatoms. The molecular weight excluding hydrogens is 252 g/mol. The van der Waals surface area contributed by atoms with Crippen molar-refractivity contribution in [3.63, 3.8) is 0 Å². The fourth-order valence-corrected chi connectivity index (χ4v) is 1.46. The highest BCUT2D eigenvalue weighted by Crippen LogP contribution is 2.12. The quantitative estimate of drug-likeness (QED) is 0.560. The molecule has 19 heavy (non-hydrogen) atoms. The van der Waals surface area contributed by atoms with Gasteiger partial charge in [0.25, 0.3) is 0 Å². The third-order valence-electron chi connectivity index (χ3n) is 2.40. The van der Waals surface area contributed by atoms with E-state index in [2.05, 4.69) is 5.32 Å². The average molecular weight is 266 g/mol. The summed E-state index contributed by atoms with van der Waals surface area (Å²) in [5.41, 5.74) is 5.74. The van der Waals surface area contributed by atoms with Crippen LogP contribution in [0.2, 0.25) is 0 Å². The fourth-order valence-electron chi connectivity index (χ4n) is 1.46. The number of carboxylic acids is 2. The molecule has 102 valence electrons. The van der Waals surface area contributed by atoms with Gasteiger partial charge in [0.15, 0.2) is 6.04 Å². The highest BCUT2D eigenvalue weighted by atomic mass is 16.4. The molecule has 0 aliphatic heterocycles. The van der Waals surface area contributed by atoms with Crippen LogP contribution in [0.1, 0.15) is 18.0 Å². The molecule has 0 aliphatic rings. The Hall–Kier alpha value is -2.41. The van der Waals surface area contributed by atoms with Gasteiger partial charge in [-0.1, -0.05) is 30.3 Å². The summed E-state index contributed by atoms with van der Waals surface area (Å²) in [7, 11) is 0. The predicted molar refractivity (Wildman–Crippen MR) is 65.2 cm³/mol. The molecule has 0 saturated carbocycles. The molecule has 1 rings (SSSR count). The topological polar surface area (TPSA) is 130 Å². The predicted octanol–water partition coefficient (Wildman–Crippen LogP) is -0.269. The molecule has 0 saturated heterocycles. The maximum absolute atomic E-state index is 11.6. The van der Waals surface area contributed by atoms with Crippen LogP contribution in [-0.2, 0) is 14.4 Å². The molecule has 0 fully saturated rings. The Labute approximate surface area is 109 Å². The minimum Gasteiger partial charge on any atom is -0.481 e.